The molecule has 0 spiro atoms. The lowest BCUT2D eigenvalue weighted by atomic mass is 10.1. The topological polar surface area (TPSA) is 51.4 Å². The van der Waals surface area contributed by atoms with Crippen molar-refractivity contribution in [3.05, 3.63) is 60.0 Å². The Morgan fingerprint density at radius 3 is 2.57 bits per heavy atom. The third-order valence-electron chi connectivity index (χ3n) is 3.46. The predicted octanol–water partition coefficient (Wildman–Crippen LogP) is 3.69. The average molecular weight is 309 g/mol. The molecule has 5 heteroatoms. The second kappa shape index (κ2) is 6.52. The molecule has 118 valence electrons. The predicted molar refractivity (Wildman–Crippen MR) is 89.6 cm³/mol. The fourth-order valence-electron chi connectivity index (χ4n) is 2.12. The standard InChI is InChI=1S/C18H19N3O2/c1-13-7-9-14(10-8-13)18-20-19-17(23-18)12-22-16-6-4-5-15(11-16)21(2)3/h4-11H,12H2,1-3H3. The Kier molecular flexibility index (Phi) is 4.28. The molecule has 5 nitrogen and oxygen atoms in total. The smallest absolute Gasteiger partial charge is 0.254 e. The Morgan fingerprint density at radius 1 is 1.04 bits per heavy atom. The van der Waals surface area contributed by atoms with Crippen molar-refractivity contribution in [3.63, 3.8) is 0 Å². The quantitative estimate of drug-likeness (QED) is 0.719. The van der Waals surface area contributed by atoms with E-state index in [-0.39, 0.29) is 6.61 Å². The molecule has 0 atom stereocenters. The second-order valence-electron chi connectivity index (χ2n) is 5.55. The summed E-state index contributed by atoms with van der Waals surface area (Å²) < 4.78 is 11.4. The van der Waals surface area contributed by atoms with Gasteiger partial charge >= 0.3 is 0 Å². The molecule has 0 bridgehead atoms. The summed E-state index contributed by atoms with van der Waals surface area (Å²) in [6.45, 7) is 2.29. The van der Waals surface area contributed by atoms with Gasteiger partial charge in [0.15, 0.2) is 6.61 Å². The van der Waals surface area contributed by atoms with Gasteiger partial charge in [-0.3, -0.25) is 0 Å². The highest BCUT2D eigenvalue weighted by molar-refractivity contribution is 5.53. The van der Waals surface area contributed by atoms with Gasteiger partial charge in [-0.1, -0.05) is 23.8 Å². The van der Waals surface area contributed by atoms with Crippen molar-refractivity contribution in [2.75, 3.05) is 19.0 Å². The molecule has 0 aliphatic heterocycles. The number of aromatic nitrogens is 2. The van der Waals surface area contributed by atoms with Crippen LogP contribution in [0.2, 0.25) is 0 Å². The van der Waals surface area contributed by atoms with E-state index in [0.29, 0.717) is 11.8 Å². The largest absolute Gasteiger partial charge is 0.484 e. The molecule has 0 fully saturated rings. The number of nitrogens with zero attached hydrogens (tertiary/aromatic N) is 3. The lowest BCUT2D eigenvalue weighted by Crippen LogP contribution is -2.08. The Balaban J connectivity index is 1.67. The molecule has 0 radical (unpaired) electrons. The van der Waals surface area contributed by atoms with Crippen molar-refractivity contribution >= 4 is 5.69 Å². The maximum Gasteiger partial charge on any atom is 0.254 e. The van der Waals surface area contributed by atoms with Gasteiger partial charge in [-0.25, -0.2) is 0 Å². The van der Waals surface area contributed by atoms with Crippen molar-refractivity contribution in [1.82, 2.24) is 10.2 Å². The zero-order chi connectivity index (χ0) is 16.2. The summed E-state index contributed by atoms with van der Waals surface area (Å²) in [4.78, 5) is 2.02. The first-order valence-corrected chi connectivity index (χ1v) is 7.41. The van der Waals surface area contributed by atoms with Gasteiger partial charge in [0.05, 0.1) is 0 Å². The van der Waals surface area contributed by atoms with E-state index in [1.807, 2.05) is 74.4 Å². The highest BCUT2D eigenvalue weighted by atomic mass is 16.5. The number of aryl methyl sites for hydroxylation is 1. The van der Waals surface area contributed by atoms with E-state index in [1.54, 1.807) is 0 Å². The van der Waals surface area contributed by atoms with Gasteiger partial charge in [-0.15, -0.1) is 10.2 Å². The number of hydrogen-bond donors (Lipinski definition) is 0. The van der Waals surface area contributed by atoms with Crippen molar-refractivity contribution in [1.29, 1.82) is 0 Å². The third kappa shape index (κ3) is 3.69. The van der Waals surface area contributed by atoms with Crippen LogP contribution < -0.4 is 9.64 Å². The molecule has 0 saturated carbocycles. The number of hydrogen-bond acceptors (Lipinski definition) is 5. The maximum absolute atomic E-state index is 5.73. The van der Waals surface area contributed by atoms with Gasteiger partial charge in [0.1, 0.15) is 5.75 Å². The Hall–Kier alpha value is -2.82. The van der Waals surface area contributed by atoms with Crippen LogP contribution in [-0.4, -0.2) is 24.3 Å². The first-order valence-electron chi connectivity index (χ1n) is 7.41. The number of rotatable bonds is 5. The highest BCUT2D eigenvalue weighted by Gasteiger charge is 2.09. The molecule has 0 amide bonds. The van der Waals surface area contributed by atoms with Crippen molar-refractivity contribution < 1.29 is 9.15 Å². The van der Waals surface area contributed by atoms with Crippen molar-refractivity contribution in [3.8, 4) is 17.2 Å². The Labute approximate surface area is 135 Å². The van der Waals surface area contributed by atoms with Crippen LogP contribution in [0.5, 0.6) is 5.75 Å². The molecule has 0 saturated heterocycles. The summed E-state index contributed by atoms with van der Waals surface area (Å²) in [5, 5.41) is 8.10. The lowest BCUT2D eigenvalue weighted by molar-refractivity contribution is 0.264. The van der Waals surface area contributed by atoms with E-state index in [1.165, 1.54) is 5.56 Å². The lowest BCUT2D eigenvalue weighted by Gasteiger charge is -2.13. The van der Waals surface area contributed by atoms with Crippen LogP contribution in [-0.2, 0) is 6.61 Å². The first kappa shape index (κ1) is 15.1. The van der Waals surface area contributed by atoms with Crippen LogP contribution in [0.25, 0.3) is 11.5 Å². The minimum atomic E-state index is 0.246. The summed E-state index contributed by atoms with van der Waals surface area (Å²) in [7, 11) is 3.98. The van der Waals surface area contributed by atoms with Crippen LogP contribution in [0.15, 0.2) is 52.9 Å². The van der Waals surface area contributed by atoms with Crippen molar-refractivity contribution in [2.45, 2.75) is 13.5 Å². The fraction of sp³-hybridized carbons (Fsp3) is 0.222. The zero-order valence-electron chi connectivity index (χ0n) is 13.5. The fourth-order valence-corrected chi connectivity index (χ4v) is 2.12. The van der Waals surface area contributed by atoms with Gasteiger partial charge in [0, 0.05) is 31.4 Å². The summed E-state index contributed by atoms with van der Waals surface area (Å²) in [6, 6.07) is 15.8. The van der Waals surface area contributed by atoms with Gasteiger partial charge in [-0.05, 0) is 31.2 Å². The van der Waals surface area contributed by atoms with E-state index in [9.17, 15) is 0 Å². The van der Waals surface area contributed by atoms with Crippen LogP contribution in [0, 0.1) is 6.92 Å². The molecule has 3 aromatic rings. The van der Waals surface area contributed by atoms with E-state index >= 15 is 0 Å². The van der Waals surface area contributed by atoms with Crippen LogP contribution >= 0.6 is 0 Å². The molecule has 2 aromatic carbocycles. The van der Waals surface area contributed by atoms with Crippen LogP contribution in [0.1, 0.15) is 11.5 Å². The first-order chi connectivity index (χ1) is 11.1. The Bertz CT molecular complexity index is 779. The van der Waals surface area contributed by atoms with Gasteiger partial charge < -0.3 is 14.1 Å². The molecule has 0 unspecified atom stereocenters. The zero-order valence-corrected chi connectivity index (χ0v) is 13.5. The van der Waals surface area contributed by atoms with Crippen molar-refractivity contribution in [2.24, 2.45) is 0 Å². The van der Waals surface area contributed by atoms with E-state index in [2.05, 4.69) is 10.2 Å². The van der Waals surface area contributed by atoms with Gasteiger partial charge in [0.2, 0.25) is 5.89 Å². The summed E-state index contributed by atoms with van der Waals surface area (Å²) in [6.07, 6.45) is 0. The molecule has 3 rings (SSSR count). The SMILES string of the molecule is Cc1ccc(-c2nnc(COc3cccc(N(C)C)c3)o2)cc1. The van der Waals surface area contributed by atoms with Crippen LogP contribution in [0.4, 0.5) is 5.69 Å². The number of anilines is 1. The molecular weight excluding hydrogens is 290 g/mol. The highest BCUT2D eigenvalue weighted by Crippen LogP contribution is 2.22. The molecule has 0 aliphatic rings. The Morgan fingerprint density at radius 2 is 1.83 bits per heavy atom. The normalized spacial score (nSPS) is 10.6. The number of ether oxygens (including phenoxy) is 1. The van der Waals surface area contributed by atoms with E-state index in [4.69, 9.17) is 9.15 Å². The number of benzene rings is 2. The third-order valence-corrected chi connectivity index (χ3v) is 3.46. The van der Waals surface area contributed by atoms with E-state index < -0.39 is 0 Å². The summed E-state index contributed by atoms with van der Waals surface area (Å²) >= 11 is 0. The molecule has 23 heavy (non-hydrogen) atoms. The summed E-state index contributed by atoms with van der Waals surface area (Å²) in [5.74, 6) is 1.73. The average Bonchev–Trinajstić information content (AvgIpc) is 3.03. The monoisotopic (exact) mass is 309 g/mol. The molecule has 0 N–H and O–H groups in total. The minimum absolute atomic E-state index is 0.246. The molecule has 0 aliphatic carbocycles. The molecular formula is C18H19N3O2. The molecule has 1 heterocycles. The molecule has 1 aromatic heterocycles. The second-order valence-corrected chi connectivity index (χ2v) is 5.55. The maximum atomic E-state index is 5.73. The minimum Gasteiger partial charge on any atom is -0.484 e. The van der Waals surface area contributed by atoms with E-state index in [0.717, 1.165) is 17.0 Å². The summed E-state index contributed by atoms with van der Waals surface area (Å²) in [5.41, 5.74) is 3.18. The van der Waals surface area contributed by atoms with Gasteiger partial charge in [0.25, 0.3) is 5.89 Å². The van der Waals surface area contributed by atoms with Gasteiger partial charge in [-0.2, -0.15) is 0 Å². The van der Waals surface area contributed by atoms with Crippen LogP contribution in [0.3, 0.4) is 0 Å².